The van der Waals surface area contributed by atoms with Crippen molar-refractivity contribution in [2.45, 2.75) is 24.8 Å². The molecule has 0 saturated heterocycles. The van der Waals surface area contributed by atoms with E-state index in [4.69, 9.17) is 9.47 Å². The molecule has 148 valence electrons. The molecule has 28 heavy (non-hydrogen) atoms. The second-order valence-electron chi connectivity index (χ2n) is 6.09. The molecule has 8 nitrogen and oxygen atoms in total. The fourth-order valence-corrected chi connectivity index (χ4v) is 3.89. The third-order valence-electron chi connectivity index (χ3n) is 4.13. The van der Waals surface area contributed by atoms with Gasteiger partial charge in [-0.3, -0.25) is 0 Å². The number of carbonyl (C=O) groups excluding carboxylic acids is 1. The zero-order chi connectivity index (χ0) is 20.3. The van der Waals surface area contributed by atoms with Gasteiger partial charge in [0.2, 0.25) is 10.0 Å². The highest BCUT2D eigenvalue weighted by atomic mass is 32.2. The van der Waals surface area contributed by atoms with Crippen molar-refractivity contribution in [1.29, 1.82) is 0 Å². The zero-order valence-corrected chi connectivity index (χ0v) is 16.5. The summed E-state index contributed by atoms with van der Waals surface area (Å²) in [6.45, 7) is 3.65. The number of imidazole rings is 1. The number of hydrogen-bond acceptors (Lipinski definition) is 6. The third-order valence-corrected chi connectivity index (χ3v) is 5.68. The summed E-state index contributed by atoms with van der Waals surface area (Å²) in [7, 11) is -2.23. The van der Waals surface area contributed by atoms with Crippen molar-refractivity contribution in [3.8, 4) is 5.75 Å². The van der Waals surface area contributed by atoms with E-state index >= 15 is 0 Å². The number of sulfonamides is 1. The van der Waals surface area contributed by atoms with E-state index in [0.29, 0.717) is 22.7 Å². The van der Waals surface area contributed by atoms with Crippen molar-refractivity contribution < 1.29 is 22.7 Å². The van der Waals surface area contributed by atoms with E-state index in [0.717, 1.165) is 5.52 Å². The molecule has 1 aromatic heterocycles. The number of H-pyrrole nitrogens is 1. The predicted molar refractivity (Wildman–Crippen MR) is 104 cm³/mol. The van der Waals surface area contributed by atoms with Gasteiger partial charge in [0.05, 0.1) is 41.3 Å². The Morgan fingerprint density at radius 2 is 1.93 bits per heavy atom. The Balaban J connectivity index is 1.78. The first kappa shape index (κ1) is 19.8. The van der Waals surface area contributed by atoms with Crippen LogP contribution >= 0.6 is 0 Å². The van der Waals surface area contributed by atoms with Gasteiger partial charge in [-0.2, -0.15) is 0 Å². The van der Waals surface area contributed by atoms with Crippen LogP contribution in [-0.2, 0) is 14.8 Å². The van der Waals surface area contributed by atoms with Gasteiger partial charge in [0.25, 0.3) is 0 Å². The predicted octanol–water partition coefficient (Wildman–Crippen LogP) is 2.79. The van der Waals surface area contributed by atoms with Gasteiger partial charge in [-0.15, -0.1) is 0 Å². The van der Waals surface area contributed by atoms with E-state index in [9.17, 15) is 13.2 Å². The van der Waals surface area contributed by atoms with E-state index in [1.54, 1.807) is 39.2 Å². The lowest BCUT2D eigenvalue weighted by atomic mass is 10.2. The van der Waals surface area contributed by atoms with Crippen molar-refractivity contribution >= 4 is 27.0 Å². The van der Waals surface area contributed by atoms with E-state index in [-0.39, 0.29) is 11.5 Å². The van der Waals surface area contributed by atoms with E-state index in [1.165, 1.54) is 24.3 Å². The Bertz CT molecular complexity index is 1090. The minimum Gasteiger partial charge on any atom is -0.497 e. The highest BCUT2D eigenvalue weighted by Crippen LogP contribution is 2.22. The van der Waals surface area contributed by atoms with Gasteiger partial charge in [0.1, 0.15) is 11.6 Å². The summed E-state index contributed by atoms with van der Waals surface area (Å²) in [5, 5.41) is 0. The standard InChI is InChI=1S/C19H21N3O5S/c1-4-27-19(23)13-5-8-15(9-6-13)28(24,25)22-12(2)18-20-16-10-7-14(26-3)11-17(16)21-18/h5-12,22H,4H2,1-3H3,(H,20,21)/t12-/m1/s1. The van der Waals surface area contributed by atoms with Crippen molar-refractivity contribution in [3.63, 3.8) is 0 Å². The largest absolute Gasteiger partial charge is 0.497 e. The maximum Gasteiger partial charge on any atom is 0.338 e. The van der Waals surface area contributed by atoms with Gasteiger partial charge in [0, 0.05) is 6.07 Å². The van der Waals surface area contributed by atoms with Crippen LogP contribution in [0, 0.1) is 0 Å². The number of aromatic amines is 1. The molecule has 9 heteroatoms. The number of nitrogens with one attached hydrogen (secondary N) is 2. The summed E-state index contributed by atoms with van der Waals surface area (Å²) in [6.07, 6.45) is 0. The highest BCUT2D eigenvalue weighted by molar-refractivity contribution is 7.89. The normalized spacial score (nSPS) is 12.7. The molecular weight excluding hydrogens is 382 g/mol. The molecule has 0 amide bonds. The second kappa shape index (κ2) is 7.99. The maximum atomic E-state index is 12.6. The van der Waals surface area contributed by atoms with Crippen molar-refractivity contribution in [3.05, 3.63) is 53.9 Å². The molecule has 0 bridgehead atoms. The summed E-state index contributed by atoms with van der Waals surface area (Å²) in [5.74, 6) is 0.665. The molecule has 0 radical (unpaired) electrons. The molecule has 0 aliphatic heterocycles. The Kier molecular flexibility index (Phi) is 5.66. The first-order chi connectivity index (χ1) is 13.3. The molecule has 1 atom stereocenters. The number of fused-ring (bicyclic) bond motifs is 1. The van der Waals surface area contributed by atoms with Crippen LogP contribution in [0.4, 0.5) is 0 Å². The number of rotatable bonds is 7. The molecule has 1 heterocycles. The number of esters is 1. The number of aromatic nitrogens is 2. The van der Waals surface area contributed by atoms with Gasteiger partial charge in [-0.1, -0.05) is 0 Å². The van der Waals surface area contributed by atoms with Crippen LogP contribution in [0.15, 0.2) is 47.4 Å². The average Bonchev–Trinajstić information content (AvgIpc) is 3.11. The first-order valence-electron chi connectivity index (χ1n) is 8.67. The third kappa shape index (κ3) is 4.15. The van der Waals surface area contributed by atoms with Crippen LogP contribution < -0.4 is 9.46 Å². The highest BCUT2D eigenvalue weighted by Gasteiger charge is 2.21. The van der Waals surface area contributed by atoms with Crippen molar-refractivity contribution in [1.82, 2.24) is 14.7 Å². The molecule has 0 fully saturated rings. The fraction of sp³-hybridized carbons (Fsp3) is 0.263. The Morgan fingerprint density at radius 3 is 2.57 bits per heavy atom. The summed E-state index contributed by atoms with van der Waals surface area (Å²) in [6, 6.07) is 10.4. The van der Waals surface area contributed by atoms with Crippen LogP contribution in [-0.4, -0.2) is 38.1 Å². The molecule has 0 unspecified atom stereocenters. The number of benzene rings is 2. The number of methoxy groups -OCH3 is 1. The van der Waals surface area contributed by atoms with Gasteiger partial charge in [0.15, 0.2) is 0 Å². The number of nitrogens with zero attached hydrogens (tertiary/aromatic N) is 1. The minimum atomic E-state index is -3.80. The molecular formula is C19H21N3O5S. The van der Waals surface area contributed by atoms with Crippen LogP contribution in [0.25, 0.3) is 11.0 Å². The Labute approximate surface area is 162 Å². The van der Waals surface area contributed by atoms with E-state index < -0.39 is 22.0 Å². The number of hydrogen-bond donors (Lipinski definition) is 2. The van der Waals surface area contributed by atoms with Crippen LogP contribution in [0.5, 0.6) is 5.75 Å². The van der Waals surface area contributed by atoms with Crippen LogP contribution in [0.1, 0.15) is 36.1 Å². The smallest absolute Gasteiger partial charge is 0.338 e. The maximum absolute atomic E-state index is 12.6. The monoisotopic (exact) mass is 403 g/mol. The zero-order valence-electron chi connectivity index (χ0n) is 15.7. The molecule has 0 aliphatic rings. The Morgan fingerprint density at radius 1 is 1.21 bits per heavy atom. The second-order valence-corrected chi connectivity index (χ2v) is 7.81. The van der Waals surface area contributed by atoms with Gasteiger partial charge < -0.3 is 14.5 Å². The van der Waals surface area contributed by atoms with E-state index in [2.05, 4.69) is 14.7 Å². The quantitative estimate of drug-likeness (QED) is 0.587. The fourth-order valence-electron chi connectivity index (χ4n) is 2.68. The van der Waals surface area contributed by atoms with Gasteiger partial charge in [-0.25, -0.2) is 22.9 Å². The first-order valence-corrected chi connectivity index (χ1v) is 10.2. The van der Waals surface area contributed by atoms with Crippen LogP contribution in [0.3, 0.4) is 0 Å². The summed E-state index contributed by atoms with van der Waals surface area (Å²) >= 11 is 0. The van der Waals surface area contributed by atoms with Crippen LogP contribution in [0.2, 0.25) is 0 Å². The molecule has 0 aliphatic carbocycles. The van der Waals surface area contributed by atoms with Gasteiger partial charge in [-0.05, 0) is 50.2 Å². The molecule has 2 N–H and O–H groups in total. The lowest BCUT2D eigenvalue weighted by Crippen LogP contribution is -2.27. The summed E-state index contributed by atoms with van der Waals surface area (Å²) in [4.78, 5) is 19.3. The molecule has 0 saturated carbocycles. The minimum absolute atomic E-state index is 0.0465. The average molecular weight is 403 g/mol. The number of carbonyl (C=O) groups is 1. The summed E-state index contributed by atoms with van der Waals surface area (Å²) in [5.41, 5.74) is 1.75. The van der Waals surface area contributed by atoms with Crippen molar-refractivity contribution in [2.75, 3.05) is 13.7 Å². The summed E-state index contributed by atoms with van der Waals surface area (Å²) < 4.78 is 38.0. The lowest BCUT2D eigenvalue weighted by Gasteiger charge is -2.12. The van der Waals surface area contributed by atoms with Gasteiger partial charge >= 0.3 is 5.97 Å². The van der Waals surface area contributed by atoms with E-state index in [1.807, 2.05) is 0 Å². The topological polar surface area (TPSA) is 110 Å². The molecule has 0 spiro atoms. The molecule has 3 aromatic rings. The molecule has 3 rings (SSSR count). The SMILES string of the molecule is CCOC(=O)c1ccc(S(=O)(=O)N[C@H](C)c2nc3ccc(OC)cc3[nH]2)cc1. The van der Waals surface area contributed by atoms with Crippen molar-refractivity contribution in [2.24, 2.45) is 0 Å². The lowest BCUT2D eigenvalue weighted by molar-refractivity contribution is 0.0526. The molecule has 2 aromatic carbocycles. The number of ether oxygens (including phenoxy) is 2. The Hall–Kier alpha value is -2.91.